The molecular formula is C11H8N2S. The Hall–Kier alpha value is -1.66. The van der Waals surface area contributed by atoms with Crippen molar-refractivity contribution in [3.05, 3.63) is 34.4 Å². The third kappa shape index (κ3) is 1.40. The summed E-state index contributed by atoms with van der Waals surface area (Å²) in [6, 6.07) is 1.94. The van der Waals surface area contributed by atoms with Crippen LogP contribution in [0.25, 0.3) is 11.3 Å². The van der Waals surface area contributed by atoms with Crippen LogP contribution in [0.2, 0.25) is 0 Å². The zero-order valence-electron chi connectivity index (χ0n) is 7.69. The second-order valence-electron chi connectivity index (χ2n) is 2.87. The van der Waals surface area contributed by atoms with E-state index in [1.54, 1.807) is 23.0 Å². The third-order valence-electron chi connectivity index (χ3n) is 1.98. The molecule has 0 aromatic carbocycles. The van der Waals surface area contributed by atoms with E-state index < -0.39 is 0 Å². The van der Waals surface area contributed by atoms with Crippen LogP contribution in [0.1, 0.15) is 11.3 Å². The molecule has 68 valence electrons. The van der Waals surface area contributed by atoms with Crippen LogP contribution >= 0.6 is 11.3 Å². The summed E-state index contributed by atoms with van der Waals surface area (Å²) in [5.41, 5.74) is 5.45. The predicted octanol–water partition coefficient (Wildman–Crippen LogP) is 2.49. The van der Waals surface area contributed by atoms with Crippen LogP contribution in [0, 0.1) is 19.3 Å². The number of aryl methyl sites for hydroxylation is 1. The molecule has 0 radical (unpaired) electrons. The molecule has 3 heteroatoms. The molecule has 0 saturated heterocycles. The van der Waals surface area contributed by atoms with E-state index >= 15 is 0 Å². The third-order valence-corrected chi connectivity index (χ3v) is 2.57. The zero-order chi connectivity index (χ0) is 9.97. The van der Waals surface area contributed by atoms with Gasteiger partial charge in [-0.3, -0.25) is 0 Å². The van der Waals surface area contributed by atoms with E-state index in [1.807, 2.05) is 18.4 Å². The lowest BCUT2D eigenvalue weighted by molar-refractivity contribution is 1.24. The van der Waals surface area contributed by atoms with Crippen molar-refractivity contribution in [2.45, 2.75) is 6.92 Å². The quantitative estimate of drug-likeness (QED) is 0.661. The Balaban J connectivity index is 2.69. The van der Waals surface area contributed by atoms with Crippen molar-refractivity contribution in [3.63, 3.8) is 0 Å². The second kappa shape index (κ2) is 3.60. The number of thiazole rings is 1. The van der Waals surface area contributed by atoms with Crippen LogP contribution in [0.15, 0.2) is 23.2 Å². The van der Waals surface area contributed by atoms with Crippen molar-refractivity contribution in [2.24, 2.45) is 0 Å². The van der Waals surface area contributed by atoms with Gasteiger partial charge in [-0.2, -0.15) is 0 Å². The predicted molar refractivity (Wildman–Crippen MR) is 58.0 cm³/mol. The lowest BCUT2D eigenvalue weighted by Gasteiger charge is -2.03. The van der Waals surface area contributed by atoms with E-state index in [0.717, 1.165) is 16.8 Å². The van der Waals surface area contributed by atoms with Crippen LogP contribution in [-0.4, -0.2) is 9.97 Å². The van der Waals surface area contributed by atoms with Gasteiger partial charge in [-0.25, -0.2) is 9.97 Å². The summed E-state index contributed by atoms with van der Waals surface area (Å²) in [6.45, 7) is 2.01. The summed E-state index contributed by atoms with van der Waals surface area (Å²) < 4.78 is 0. The Morgan fingerprint density at radius 1 is 1.43 bits per heavy atom. The molecule has 2 aromatic heterocycles. The summed E-state index contributed by atoms with van der Waals surface area (Å²) in [7, 11) is 0. The normalized spacial score (nSPS) is 9.71. The van der Waals surface area contributed by atoms with Crippen molar-refractivity contribution in [1.29, 1.82) is 0 Å². The van der Waals surface area contributed by atoms with Gasteiger partial charge in [-0.1, -0.05) is 0 Å². The van der Waals surface area contributed by atoms with Gasteiger partial charge in [-0.05, 0) is 24.5 Å². The number of hydrogen-bond acceptors (Lipinski definition) is 3. The lowest BCUT2D eigenvalue weighted by Crippen LogP contribution is -1.91. The molecule has 0 aliphatic heterocycles. The summed E-state index contributed by atoms with van der Waals surface area (Å²) in [4.78, 5) is 8.38. The molecule has 0 saturated carbocycles. The number of aromatic nitrogens is 2. The fourth-order valence-electron chi connectivity index (χ4n) is 1.33. The average molecular weight is 200 g/mol. The first kappa shape index (κ1) is 8.92. The highest BCUT2D eigenvalue weighted by molar-refractivity contribution is 7.07. The zero-order valence-corrected chi connectivity index (χ0v) is 8.51. The topological polar surface area (TPSA) is 25.8 Å². The standard InChI is InChI=1S/C11H8N2S/c1-3-9-11(8(2)4-5-12-9)10-6-14-7-13-10/h1,4-7H,2H3. The molecular weight excluding hydrogens is 192 g/mol. The Bertz CT molecular complexity index is 480. The van der Waals surface area contributed by atoms with Crippen molar-refractivity contribution in [2.75, 3.05) is 0 Å². The van der Waals surface area contributed by atoms with E-state index in [4.69, 9.17) is 6.42 Å². The molecule has 0 fully saturated rings. The van der Waals surface area contributed by atoms with Crippen molar-refractivity contribution >= 4 is 11.3 Å². The summed E-state index contributed by atoms with van der Waals surface area (Å²) >= 11 is 1.55. The number of pyridine rings is 1. The van der Waals surface area contributed by atoms with Gasteiger partial charge in [0.15, 0.2) is 0 Å². The summed E-state index contributed by atoms with van der Waals surface area (Å²) in [5.74, 6) is 2.58. The molecule has 2 aromatic rings. The minimum absolute atomic E-state index is 0.663. The van der Waals surface area contributed by atoms with Crippen molar-refractivity contribution in [1.82, 2.24) is 9.97 Å². The van der Waals surface area contributed by atoms with Crippen LogP contribution in [0.3, 0.4) is 0 Å². The molecule has 2 nitrogen and oxygen atoms in total. The maximum absolute atomic E-state index is 5.39. The molecule has 0 aliphatic carbocycles. The number of nitrogens with zero attached hydrogens (tertiary/aromatic N) is 2. The highest BCUT2D eigenvalue weighted by atomic mass is 32.1. The Morgan fingerprint density at radius 2 is 2.29 bits per heavy atom. The lowest BCUT2D eigenvalue weighted by atomic mass is 10.1. The van der Waals surface area contributed by atoms with Crippen molar-refractivity contribution < 1.29 is 0 Å². The molecule has 0 bridgehead atoms. The van der Waals surface area contributed by atoms with Crippen LogP contribution in [-0.2, 0) is 0 Å². The molecule has 14 heavy (non-hydrogen) atoms. The van der Waals surface area contributed by atoms with Gasteiger partial charge in [-0.15, -0.1) is 17.8 Å². The highest BCUT2D eigenvalue weighted by Crippen LogP contribution is 2.24. The van der Waals surface area contributed by atoms with Gasteiger partial charge < -0.3 is 0 Å². The van der Waals surface area contributed by atoms with Gasteiger partial charge in [0.05, 0.1) is 11.2 Å². The van der Waals surface area contributed by atoms with E-state index in [2.05, 4.69) is 15.9 Å². The number of rotatable bonds is 1. The van der Waals surface area contributed by atoms with E-state index in [-0.39, 0.29) is 0 Å². The van der Waals surface area contributed by atoms with Gasteiger partial charge in [0, 0.05) is 17.1 Å². The molecule has 2 rings (SSSR count). The molecule has 0 amide bonds. The fraction of sp³-hybridized carbons (Fsp3) is 0.0909. The first-order chi connectivity index (χ1) is 6.83. The van der Waals surface area contributed by atoms with Gasteiger partial charge >= 0.3 is 0 Å². The van der Waals surface area contributed by atoms with Gasteiger partial charge in [0.1, 0.15) is 5.69 Å². The molecule has 2 heterocycles. The van der Waals surface area contributed by atoms with Crippen LogP contribution in [0.5, 0.6) is 0 Å². The smallest absolute Gasteiger partial charge is 0.122 e. The maximum Gasteiger partial charge on any atom is 0.122 e. The van der Waals surface area contributed by atoms with E-state index in [0.29, 0.717) is 5.69 Å². The average Bonchev–Trinajstić information content (AvgIpc) is 2.70. The minimum atomic E-state index is 0.663. The van der Waals surface area contributed by atoms with Crippen LogP contribution in [0.4, 0.5) is 0 Å². The minimum Gasteiger partial charge on any atom is -0.247 e. The van der Waals surface area contributed by atoms with Gasteiger partial charge in [0.2, 0.25) is 0 Å². The maximum atomic E-state index is 5.39. The largest absolute Gasteiger partial charge is 0.247 e. The molecule has 0 N–H and O–H groups in total. The molecule has 0 unspecified atom stereocenters. The first-order valence-electron chi connectivity index (χ1n) is 4.13. The fourth-order valence-corrected chi connectivity index (χ4v) is 1.87. The second-order valence-corrected chi connectivity index (χ2v) is 3.59. The molecule has 0 aliphatic rings. The first-order valence-corrected chi connectivity index (χ1v) is 5.08. The van der Waals surface area contributed by atoms with E-state index in [1.165, 1.54) is 0 Å². The highest BCUT2D eigenvalue weighted by Gasteiger charge is 2.08. The Kier molecular flexibility index (Phi) is 2.30. The van der Waals surface area contributed by atoms with Crippen LogP contribution < -0.4 is 0 Å². The van der Waals surface area contributed by atoms with Gasteiger partial charge in [0.25, 0.3) is 0 Å². The number of terminal acetylenes is 1. The van der Waals surface area contributed by atoms with E-state index in [9.17, 15) is 0 Å². The SMILES string of the molecule is C#Cc1nccc(C)c1-c1cscn1. The monoisotopic (exact) mass is 200 g/mol. The summed E-state index contributed by atoms with van der Waals surface area (Å²) in [6.07, 6.45) is 7.11. The Morgan fingerprint density at radius 3 is 2.93 bits per heavy atom. The molecule has 0 atom stereocenters. The number of hydrogen-bond donors (Lipinski definition) is 0. The summed E-state index contributed by atoms with van der Waals surface area (Å²) in [5, 5.41) is 1.98. The van der Waals surface area contributed by atoms with Crippen molar-refractivity contribution in [3.8, 4) is 23.6 Å². The Labute approximate surface area is 86.7 Å². The molecule has 0 spiro atoms.